The Morgan fingerprint density at radius 3 is 2.68 bits per heavy atom. The number of allylic oxidation sites excluding steroid dienone is 1. The number of rotatable bonds is 5. The van der Waals surface area contributed by atoms with E-state index in [4.69, 9.17) is 27.9 Å². The van der Waals surface area contributed by atoms with Gasteiger partial charge in [0.25, 0.3) is 0 Å². The summed E-state index contributed by atoms with van der Waals surface area (Å²) < 4.78 is 5.72. The van der Waals surface area contributed by atoms with Gasteiger partial charge >= 0.3 is 0 Å². The van der Waals surface area contributed by atoms with Gasteiger partial charge in [-0.1, -0.05) is 53.5 Å². The lowest BCUT2D eigenvalue weighted by Gasteiger charge is -2.10. The Balaban J connectivity index is 2.04. The summed E-state index contributed by atoms with van der Waals surface area (Å²) in [5, 5.41) is 2.96. The standard InChI is InChI=1S/C21H16Cl2O2/c1-2-25-21-12-7-14-5-3-4-6-16(14)17(21)9-11-20(24)18-13-15(22)8-10-19(18)23/h3-13H,2H2,1H3/b11-9+. The molecule has 3 aromatic carbocycles. The lowest BCUT2D eigenvalue weighted by atomic mass is 10.0. The van der Waals surface area contributed by atoms with Crippen molar-refractivity contribution in [2.45, 2.75) is 6.92 Å². The third-order valence-corrected chi connectivity index (χ3v) is 4.39. The van der Waals surface area contributed by atoms with Crippen molar-refractivity contribution < 1.29 is 9.53 Å². The first-order valence-corrected chi connectivity index (χ1v) is 8.67. The molecule has 25 heavy (non-hydrogen) atoms. The van der Waals surface area contributed by atoms with Crippen LogP contribution in [0.25, 0.3) is 16.8 Å². The summed E-state index contributed by atoms with van der Waals surface area (Å²) >= 11 is 12.1. The van der Waals surface area contributed by atoms with Gasteiger partial charge in [0.15, 0.2) is 5.78 Å². The van der Waals surface area contributed by atoms with E-state index in [1.807, 2.05) is 43.3 Å². The second kappa shape index (κ2) is 7.73. The number of halogens is 2. The largest absolute Gasteiger partial charge is 0.493 e. The zero-order valence-corrected chi connectivity index (χ0v) is 15.1. The molecule has 0 aromatic heterocycles. The van der Waals surface area contributed by atoms with Gasteiger partial charge in [-0.15, -0.1) is 0 Å². The summed E-state index contributed by atoms with van der Waals surface area (Å²) in [5.41, 5.74) is 1.25. The Morgan fingerprint density at radius 1 is 1.08 bits per heavy atom. The Morgan fingerprint density at radius 2 is 1.88 bits per heavy atom. The molecule has 0 atom stereocenters. The molecule has 0 aliphatic carbocycles. The number of benzene rings is 3. The van der Waals surface area contributed by atoms with Gasteiger partial charge in [-0.05, 0) is 54.1 Å². The Bertz CT molecular complexity index is 961. The number of hydrogen-bond donors (Lipinski definition) is 0. The van der Waals surface area contributed by atoms with Gasteiger partial charge in [0, 0.05) is 16.1 Å². The maximum absolute atomic E-state index is 12.5. The number of fused-ring (bicyclic) bond motifs is 1. The molecule has 0 fully saturated rings. The van der Waals surface area contributed by atoms with E-state index in [-0.39, 0.29) is 5.78 Å². The van der Waals surface area contributed by atoms with Crippen molar-refractivity contribution in [2.24, 2.45) is 0 Å². The first-order chi connectivity index (χ1) is 12.1. The Labute approximate surface area is 156 Å². The molecule has 0 saturated carbocycles. The monoisotopic (exact) mass is 370 g/mol. The van der Waals surface area contributed by atoms with Gasteiger partial charge in [-0.2, -0.15) is 0 Å². The highest BCUT2D eigenvalue weighted by Crippen LogP contribution is 2.30. The lowest BCUT2D eigenvalue weighted by molar-refractivity contribution is 0.104. The fourth-order valence-corrected chi connectivity index (χ4v) is 3.05. The number of carbonyl (C=O) groups is 1. The van der Waals surface area contributed by atoms with E-state index >= 15 is 0 Å². The van der Waals surface area contributed by atoms with Crippen LogP contribution < -0.4 is 4.74 Å². The minimum atomic E-state index is -0.206. The molecule has 2 nitrogen and oxygen atoms in total. The fourth-order valence-electron chi connectivity index (χ4n) is 2.66. The van der Waals surface area contributed by atoms with Crippen molar-refractivity contribution >= 4 is 45.8 Å². The average Bonchev–Trinajstić information content (AvgIpc) is 2.62. The third kappa shape index (κ3) is 3.87. The molecule has 0 unspecified atom stereocenters. The number of ether oxygens (including phenoxy) is 1. The van der Waals surface area contributed by atoms with Crippen LogP contribution in [0, 0.1) is 0 Å². The molecule has 0 aliphatic rings. The summed E-state index contributed by atoms with van der Waals surface area (Å²) in [7, 11) is 0. The van der Waals surface area contributed by atoms with Crippen LogP contribution in [0.2, 0.25) is 10.0 Å². The summed E-state index contributed by atoms with van der Waals surface area (Å²) in [5.74, 6) is 0.533. The molecule has 3 rings (SSSR count). The van der Waals surface area contributed by atoms with Crippen LogP contribution in [0.5, 0.6) is 5.75 Å². The maximum Gasteiger partial charge on any atom is 0.187 e. The first-order valence-electron chi connectivity index (χ1n) is 7.92. The van der Waals surface area contributed by atoms with Crippen molar-refractivity contribution in [3.63, 3.8) is 0 Å². The molecule has 0 bridgehead atoms. The summed E-state index contributed by atoms with van der Waals surface area (Å²) in [6.07, 6.45) is 3.27. The molecule has 126 valence electrons. The van der Waals surface area contributed by atoms with Crippen molar-refractivity contribution in [3.8, 4) is 5.75 Å². The molecule has 4 heteroatoms. The quantitative estimate of drug-likeness (QED) is 0.381. The van der Waals surface area contributed by atoms with E-state index < -0.39 is 0 Å². The third-order valence-electron chi connectivity index (χ3n) is 3.83. The van der Waals surface area contributed by atoms with Crippen LogP contribution in [-0.2, 0) is 0 Å². The average molecular weight is 371 g/mol. The van der Waals surface area contributed by atoms with Crippen LogP contribution in [0.4, 0.5) is 0 Å². The zero-order chi connectivity index (χ0) is 17.8. The molecule has 0 spiro atoms. The minimum absolute atomic E-state index is 0.206. The van der Waals surface area contributed by atoms with E-state index in [9.17, 15) is 4.79 Å². The molecule has 0 aliphatic heterocycles. The first kappa shape index (κ1) is 17.5. The van der Waals surface area contributed by atoms with E-state index in [0.717, 1.165) is 22.1 Å². The van der Waals surface area contributed by atoms with E-state index in [0.29, 0.717) is 22.2 Å². The summed E-state index contributed by atoms with van der Waals surface area (Å²) in [6.45, 7) is 2.48. The molecular formula is C21H16Cl2O2. The minimum Gasteiger partial charge on any atom is -0.493 e. The molecular weight excluding hydrogens is 355 g/mol. The molecule has 3 aromatic rings. The van der Waals surface area contributed by atoms with Crippen LogP contribution >= 0.6 is 23.2 Å². The summed E-state index contributed by atoms with van der Waals surface area (Å²) in [4.78, 5) is 12.5. The zero-order valence-electron chi connectivity index (χ0n) is 13.6. The number of hydrogen-bond acceptors (Lipinski definition) is 2. The van der Waals surface area contributed by atoms with Gasteiger partial charge in [0.2, 0.25) is 0 Å². The van der Waals surface area contributed by atoms with Gasteiger partial charge in [-0.3, -0.25) is 4.79 Å². The van der Waals surface area contributed by atoms with Crippen LogP contribution in [0.1, 0.15) is 22.8 Å². The van der Waals surface area contributed by atoms with Gasteiger partial charge in [0.05, 0.1) is 11.6 Å². The van der Waals surface area contributed by atoms with Crippen molar-refractivity contribution in [3.05, 3.63) is 81.8 Å². The topological polar surface area (TPSA) is 26.3 Å². The van der Waals surface area contributed by atoms with Crippen molar-refractivity contribution in [2.75, 3.05) is 6.61 Å². The van der Waals surface area contributed by atoms with Crippen molar-refractivity contribution in [1.82, 2.24) is 0 Å². The van der Waals surface area contributed by atoms with Crippen LogP contribution in [0.15, 0.2) is 60.7 Å². The lowest BCUT2D eigenvalue weighted by Crippen LogP contribution is -1.97. The Kier molecular flexibility index (Phi) is 5.42. The predicted molar refractivity (Wildman–Crippen MR) is 105 cm³/mol. The summed E-state index contributed by atoms with van der Waals surface area (Å²) in [6, 6.07) is 16.8. The molecule has 0 heterocycles. The highest BCUT2D eigenvalue weighted by atomic mass is 35.5. The van der Waals surface area contributed by atoms with Gasteiger partial charge in [0.1, 0.15) is 5.75 Å². The predicted octanol–water partition coefficient (Wildman–Crippen LogP) is 6.44. The molecule has 0 amide bonds. The van der Waals surface area contributed by atoms with Gasteiger partial charge < -0.3 is 4.74 Å². The maximum atomic E-state index is 12.5. The number of ketones is 1. The normalized spacial score (nSPS) is 11.2. The van der Waals surface area contributed by atoms with E-state index in [1.165, 1.54) is 6.08 Å². The SMILES string of the molecule is CCOc1ccc2ccccc2c1/C=C/C(=O)c1cc(Cl)ccc1Cl. The van der Waals surface area contributed by atoms with Crippen molar-refractivity contribution in [1.29, 1.82) is 0 Å². The number of carbonyl (C=O) groups excluding carboxylic acids is 1. The molecule has 0 N–H and O–H groups in total. The fraction of sp³-hybridized carbons (Fsp3) is 0.0952. The van der Waals surface area contributed by atoms with Gasteiger partial charge in [-0.25, -0.2) is 0 Å². The van der Waals surface area contributed by atoms with E-state index in [1.54, 1.807) is 24.3 Å². The second-order valence-corrected chi connectivity index (χ2v) is 6.30. The Hall–Kier alpha value is -2.29. The smallest absolute Gasteiger partial charge is 0.187 e. The van der Waals surface area contributed by atoms with Crippen LogP contribution in [-0.4, -0.2) is 12.4 Å². The highest BCUT2D eigenvalue weighted by molar-refractivity contribution is 6.36. The molecule has 0 saturated heterocycles. The van der Waals surface area contributed by atoms with E-state index in [2.05, 4.69) is 0 Å². The molecule has 0 radical (unpaired) electrons. The second-order valence-electron chi connectivity index (χ2n) is 5.45. The highest BCUT2D eigenvalue weighted by Gasteiger charge is 2.10. The van der Waals surface area contributed by atoms with Crippen LogP contribution in [0.3, 0.4) is 0 Å².